The second kappa shape index (κ2) is 8.53. The lowest BCUT2D eigenvalue weighted by atomic mass is 9.94. The zero-order chi connectivity index (χ0) is 21.1. The third-order valence-electron chi connectivity index (χ3n) is 5.43. The molecule has 0 saturated carbocycles. The van der Waals surface area contributed by atoms with Crippen LogP contribution in [-0.4, -0.2) is 27.6 Å². The maximum absolute atomic E-state index is 12.9. The maximum Gasteiger partial charge on any atom is 0.322 e. The SMILES string of the molecule is CCCCN1C(=O)NC(c2ccc(C)cc2)C(c2nc(-c3ccccc3)no2)=C1C. The summed E-state index contributed by atoms with van der Waals surface area (Å²) < 4.78 is 5.70. The molecule has 1 aromatic heterocycles. The Morgan fingerprint density at radius 2 is 1.80 bits per heavy atom. The second-order valence-corrected chi connectivity index (χ2v) is 7.59. The largest absolute Gasteiger partial charge is 0.334 e. The number of aromatic nitrogens is 2. The second-order valence-electron chi connectivity index (χ2n) is 7.59. The van der Waals surface area contributed by atoms with Crippen LogP contribution < -0.4 is 5.32 Å². The highest BCUT2D eigenvalue weighted by molar-refractivity contribution is 5.86. The van der Waals surface area contributed by atoms with E-state index >= 15 is 0 Å². The number of carbonyl (C=O) groups is 1. The van der Waals surface area contributed by atoms with Crippen LogP contribution in [0.4, 0.5) is 4.79 Å². The van der Waals surface area contributed by atoms with Gasteiger partial charge in [-0.15, -0.1) is 0 Å². The molecule has 2 amide bonds. The van der Waals surface area contributed by atoms with Gasteiger partial charge in [0, 0.05) is 17.8 Å². The van der Waals surface area contributed by atoms with Crippen molar-refractivity contribution in [2.75, 3.05) is 6.54 Å². The quantitative estimate of drug-likeness (QED) is 0.604. The fourth-order valence-electron chi connectivity index (χ4n) is 3.69. The van der Waals surface area contributed by atoms with E-state index in [1.807, 2.05) is 68.4 Å². The molecule has 3 aromatic rings. The standard InChI is InChI=1S/C24H26N4O2/c1-4-5-15-28-17(3)20(21(25-24(28)29)18-13-11-16(2)12-14-18)23-26-22(27-30-23)19-9-7-6-8-10-19/h6-14,21H,4-5,15H2,1-3H3,(H,25,29). The molecule has 0 saturated heterocycles. The van der Waals surface area contributed by atoms with Crippen molar-refractivity contribution < 1.29 is 9.32 Å². The number of benzene rings is 2. The Morgan fingerprint density at radius 3 is 2.50 bits per heavy atom. The van der Waals surface area contributed by atoms with Gasteiger partial charge in [0.05, 0.1) is 11.6 Å². The molecule has 0 bridgehead atoms. The highest BCUT2D eigenvalue weighted by Gasteiger charge is 2.35. The Hall–Kier alpha value is -3.41. The van der Waals surface area contributed by atoms with Gasteiger partial charge in [-0.2, -0.15) is 4.98 Å². The number of hydrogen-bond acceptors (Lipinski definition) is 4. The van der Waals surface area contributed by atoms with Gasteiger partial charge >= 0.3 is 6.03 Å². The molecule has 154 valence electrons. The Kier molecular flexibility index (Phi) is 5.65. The van der Waals surface area contributed by atoms with Crippen molar-refractivity contribution in [1.82, 2.24) is 20.4 Å². The molecular weight excluding hydrogens is 376 g/mol. The summed E-state index contributed by atoms with van der Waals surface area (Å²) in [7, 11) is 0. The summed E-state index contributed by atoms with van der Waals surface area (Å²) in [4.78, 5) is 19.3. The number of urea groups is 1. The first-order valence-electron chi connectivity index (χ1n) is 10.3. The van der Waals surface area contributed by atoms with Gasteiger partial charge in [-0.3, -0.25) is 4.90 Å². The van der Waals surface area contributed by atoms with Crippen LogP contribution in [0, 0.1) is 6.92 Å². The highest BCUT2D eigenvalue weighted by atomic mass is 16.5. The lowest BCUT2D eigenvalue weighted by Gasteiger charge is -2.35. The summed E-state index contributed by atoms with van der Waals surface area (Å²) in [6.07, 6.45) is 1.93. The number of amides is 2. The fraction of sp³-hybridized carbons (Fsp3) is 0.292. The smallest absolute Gasteiger partial charge is 0.322 e. The zero-order valence-electron chi connectivity index (χ0n) is 17.6. The van der Waals surface area contributed by atoms with Crippen LogP contribution in [0.2, 0.25) is 0 Å². The summed E-state index contributed by atoms with van der Waals surface area (Å²) >= 11 is 0. The highest BCUT2D eigenvalue weighted by Crippen LogP contribution is 2.37. The van der Waals surface area contributed by atoms with Gasteiger partial charge in [-0.05, 0) is 25.8 Å². The minimum absolute atomic E-state index is 0.0990. The average molecular weight is 402 g/mol. The Bertz CT molecular complexity index is 1050. The minimum Gasteiger partial charge on any atom is -0.334 e. The molecule has 1 aliphatic heterocycles. The fourth-order valence-corrected chi connectivity index (χ4v) is 3.69. The molecule has 0 radical (unpaired) electrons. The molecular formula is C24H26N4O2. The Balaban J connectivity index is 1.79. The van der Waals surface area contributed by atoms with Crippen LogP contribution in [0.3, 0.4) is 0 Å². The van der Waals surface area contributed by atoms with E-state index in [2.05, 4.69) is 22.4 Å². The van der Waals surface area contributed by atoms with Crippen LogP contribution in [0.1, 0.15) is 49.7 Å². The van der Waals surface area contributed by atoms with Crippen LogP contribution in [0.5, 0.6) is 0 Å². The Morgan fingerprint density at radius 1 is 1.07 bits per heavy atom. The number of unbranched alkanes of at least 4 members (excludes halogenated alkanes) is 1. The number of hydrogen-bond donors (Lipinski definition) is 1. The zero-order valence-corrected chi connectivity index (χ0v) is 17.6. The lowest BCUT2D eigenvalue weighted by molar-refractivity contribution is 0.204. The molecule has 1 N–H and O–H groups in total. The van der Waals surface area contributed by atoms with Crippen molar-refractivity contribution in [3.8, 4) is 11.4 Å². The number of rotatable bonds is 6. The average Bonchev–Trinajstić information content (AvgIpc) is 3.24. The van der Waals surface area contributed by atoms with Crippen molar-refractivity contribution in [3.05, 3.63) is 77.3 Å². The molecule has 2 heterocycles. The van der Waals surface area contributed by atoms with Crippen LogP contribution >= 0.6 is 0 Å². The normalized spacial score (nSPS) is 16.7. The van der Waals surface area contributed by atoms with Crippen molar-refractivity contribution in [1.29, 1.82) is 0 Å². The molecule has 4 rings (SSSR count). The number of nitrogens with zero attached hydrogens (tertiary/aromatic N) is 3. The molecule has 1 atom stereocenters. The Labute approximate surface area is 176 Å². The van der Waals surface area contributed by atoms with Crippen LogP contribution in [0.15, 0.2) is 64.8 Å². The lowest BCUT2D eigenvalue weighted by Crippen LogP contribution is -2.46. The van der Waals surface area contributed by atoms with Gasteiger partial charge in [0.15, 0.2) is 0 Å². The number of carbonyl (C=O) groups excluding carboxylic acids is 1. The number of aryl methyl sites for hydroxylation is 1. The molecule has 2 aromatic carbocycles. The van der Waals surface area contributed by atoms with E-state index < -0.39 is 0 Å². The van der Waals surface area contributed by atoms with Gasteiger partial charge in [0.1, 0.15) is 0 Å². The van der Waals surface area contributed by atoms with Gasteiger partial charge in [-0.1, -0.05) is 78.7 Å². The summed E-state index contributed by atoms with van der Waals surface area (Å²) in [6, 6.07) is 17.4. The summed E-state index contributed by atoms with van der Waals surface area (Å²) in [5, 5.41) is 7.33. The van der Waals surface area contributed by atoms with Crippen molar-refractivity contribution in [2.45, 2.75) is 39.7 Å². The van der Waals surface area contributed by atoms with Gasteiger partial charge in [0.2, 0.25) is 5.82 Å². The maximum atomic E-state index is 12.9. The van der Waals surface area contributed by atoms with Gasteiger partial charge in [-0.25, -0.2) is 4.79 Å². The molecule has 30 heavy (non-hydrogen) atoms. The first kappa shape index (κ1) is 19.9. The first-order valence-corrected chi connectivity index (χ1v) is 10.3. The minimum atomic E-state index is -0.347. The number of nitrogens with one attached hydrogen (secondary N) is 1. The summed E-state index contributed by atoms with van der Waals surface area (Å²) in [6.45, 7) is 6.76. The summed E-state index contributed by atoms with van der Waals surface area (Å²) in [5.41, 5.74) is 4.72. The predicted molar refractivity (Wildman–Crippen MR) is 116 cm³/mol. The molecule has 6 nitrogen and oxygen atoms in total. The van der Waals surface area contributed by atoms with Crippen molar-refractivity contribution in [3.63, 3.8) is 0 Å². The topological polar surface area (TPSA) is 71.3 Å². The summed E-state index contributed by atoms with van der Waals surface area (Å²) in [5.74, 6) is 0.962. The van der Waals surface area contributed by atoms with Gasteiger partial charge in [0.25, 0.3) is 5.89 Å². The third-order valence-corrected chi connectivity index (χ3v) is 5.43. The molecule has 0 aliphatic carbocycles. The molecule has 0 spiro atoms. The first-order chi connectivity index (χ1) is 14.6. The number of allylic oxidation sites excluding steroid dienone is 1. The van der Waals surface area contributed by atoms with E-state index in [1.54, 1.807) is 4.90 Å². The van der Waals surface area contributed by atoms with E-state index in [0.29, 0.717) is 18.3 Å². The van der Waals surface area contributed by atoms with Crippen molar-refractivity contribution in [2.24, 2.45) is 0 Å². The molecule has 6 heteroatoms. The van der Waals surface area contributed by atoms with E-state index in [4.69, 9.17) is 4.52 Å². The van der Waals surface area contributed by atoms with Crippen LogP contribution in [-0.2, 0) is 0 Å². The molecule has 1 aliphatic rings. The van der Waals surface area contributed by atoms with E-state index in [9.17, 15) is 4.79 Å². The molecule has 1 unspecified atom stereocenters. The monoisotopic (exact) mass is 402 g/mol. The van der Waals surface area contributed by atoms with E-state index in [1.165, 1.54) is 0 Å². The van der Waals surface area contributed by atoms with E-state index in [-0.39, 0.29) is 12.1 Å². The third kappa shape index (κ3) is 3.85. The van der Waals surface area contributed by atoms with Gasteiger partial charge < -0.3 is 9.84 Å². The van der Waals surface area contributed by atoms with Crippen LogP contribution in [0.25, 0.3) is 17.0 Å². The predicted octanol–water partition coefficient (Wildman–Crippen LogP) is 5.34. The molecule has 0 fully saturated rings. The van der Waals surface area contributed by atoms with E-state index in [0.717, 1.165) is 40.8 Å². The van der Waals surface area contributed by atoms with Crippen molar-refractivity contribution >= 4 is 11.6 Å².